The topological polar surface area (TPSA) is 32.3 Å². The Labute approximate surface area is 135 Å². The van der Waals surface area contributed by atoms with E-state index in [0.717, 1.165) is 48.1 Å². The maximum absolute atomic E-state index is 13.1. The van der Waals surface area contributed by atoms with Gasteiger partial charge in [-0.15, -0.1) is 0 Å². The lowest BCUT2D eigenvalue weighted by Crippen LogP contribution is -2.63. The van der Waals surface area contributed by atoms with Crippen LogP contribution in [0.25, 0.3) is 0 Å². The van der Waals surface area contributed by atoms with Crippen molar-refractivity contribution in [2.45, 2.75) is 44.6 Å². The molecular formula is C17H23BrN2O. The summed E-state index contributed by atoms with van der Waals surface area (Å²) in [5.74, 6) is 0.206. The number of benzene rings is 1. The standard InChI is InChI=1S/C17H23BrN2O/c1-13-14(6-5-7-15(13)18)16(21)20-11-10-19-12-17(20)8-3-2-4-9-17/h5-7,19H,2-4,8-12H2,1H3. The Kier molecular flexibility index (Phi) is 4.36. The molecule has 2 aliphatic rings. The third kappa shape index (κ3) is 2.76. The summed E-state index contributed by atoms with van der Waals surface area (Å²) < 4.78 is 1.01. The Morgan fingerprint density at radius 3 is 2.81 bits per heavy atom. The molecule has 1 saturated heterocycles. The first-order valence-electron chi connectivity index (χ1n) is 7.92. The van der Waals surface area contributed by atoms with Crippen LogP contribution in [0.3, 0.4) is 0 Å². The van der Waals surface area contributed by atoms with Crippen molar-refractivity contribution in [2.24, 2.45) is 0 Å². The van der Waals surface area contributed by atoms with Crippen molar-refractivity contribution in [3.8, 4) is 0 Å². The largest absolute Gasteiger partial charge is 0.330 e. The van der Waals surface area contributed by atoms with E-state index in [1.807, 2.05) is 25.1 Å². The lowest BCUT2D eigenvalue weighted by atomic mass is 9.78. The Bertz CT molecular complexity index is 529. The van der Waals surface area contributed by atoms with Gasteiger partial charge in [0.1, 0.15) is 0 Å². The number of hydrogen-bond acceptors (Lipinski definition) is 2. The fraction of sp³-hybridized carbons (Fsp3) is 0.588. The number of nitrogens with zero attached hydrogens (tertiary/aromatic N) is 1. The zero-order chi connectivity index (χ0) is 14.9. The van der Waals surface area contributed by atoms with Gasteiger partial charge in [0.05, 0.1) is 5.54 Å². The molecule has 0 bridgehead atoms. The van der Waals surface area contributed by atoms with Gasteiger partial charge in [-0.25, -0.2) is 0 Å². The fourth-order valence-electron chi connectivity index (χ4n) is 3.80. The summed E-state index contributed by atoms with van der Waals surface area (Å²) in [5, 5.41) is 3.50. The molecule has 3 rings (SSSR count). The highest BCUT2D eigenvalue weighted by atomic mass is 79.9. The quantitative estimate of drug-likeness (QED) is 0.840. The first-order valence-corrected chi connectivity index (χ1v) is 8.71. The van der Waals surface area contributed by atoms with E-state index < -0.39 is 0 Å². The SMILES string of the molecule is Cc1c(Br)cccc1C(=O)N1CCNCC12CCCCC2. The highest BCUT2D eigenvalue weighted by Gasteiger charge is 2.42. The Morgan fingerprint density at radius 1 is 1.29 bits per heavy atom. The second kappa shape index (κ2) is 6.09. The highest BCUT2D eigenvalue weighted by Crippen LogP contribution is 2.36. The number of amides is 1. The lowest BCUT2D eigenvalue weighted by Gasteiger charge is -2.50. The van der Waals surface area contributed by atoms with E-state index in [-0.39, 0.29) is 11.4 Å². The van der Waals surface area contributed by atoms with Gasteiger partial charge in [0, 0.05) is 29.7 Å². The summed E-state index contributed by atoms with van der Waals surface area (Å²) in [5.41, 5.74) is 1.94. The van der Waals surface area contributed by atoms with E-state index in [1.54, 1.807) is 0 Å². The average Bonchev–Trinajstić information content (AvgIpc) is 2.51. The van der Waals surface area contributed by atoms with Crippen molar-refractivity contribution < 1.29 is 4.79 Å². The molecule has 0 aromatic heterocycles. The second-order valence-corrected chi connectivity index (χ2v) is 7.19. The minimum Gasteiger partial charge on any atom is -0.330 e. The minimum absolute atomic E-state index is 0.0440. The van der Waals surface area contributed by atoms with Crippen LogP contribution in [-0.4, -0.2) is 36.0 Å². The zero-order valence-electron chi connectivity index (χ0n) is 12.6. The van der Waals surface area contributed by atoms with Crippen LogP contribution in [0, 0.1) is 6.92 Å². The third-order valence-corrected chi connectivity index (χ3v) is 5.93. The van der Waals surface area contributed by atoms with Crippen LogP contribution < -0.4 is 5.32 Å². The summed E-state index contributed by atoms with van der Waals surface area (Å²) >= 11 is 3.54. The summed E-state index contributed by atoms with van der Waals surface area (Å²) in [7, 11) is 0. The summed E-state index contributed by atoms with van der Waals surface area (Å²) in [6.45, 7) is 4.70. The first kappa shape index (κ1) is 15.0. The van der Waals surface area contributed by atoms with E-state index in [4.69, 9.17) is 0 Å². The van der Waals surface area contributed by atoms with Gasteiger partial charge in [-0.2, -0.15) is 0 Å². The molecule has 1 N–H and O–H groups in total. The molecule has 4 heteroatoms. The molecule has 0 atom stereocenters. The van der Waals surface area contributed by atoms with E-state index in [1.165, 1.54) is 19.3 Å². The molecular weight excluding hydrogens is 328 g/mol. The van der Waals surface area contributed by atoms with Gasteiger partial charge >= 0.3 is 0 Å². The Hall–Kier alpha value is -0.870. The number of carbonyl (C=O) groups is 1. The van der Waals surface area contributed by atoms with Crippen molar-refractivity contribution in [2.75, 3.05) is 19.6 Å². The van der Waals surface area contributed by atoms with Crippen LogP contribution in [-0.2, 0) is 0 Å². The molecule has 0 unspecified atom stereocenters. The molecule has 3 nitrogen and oxygen atoms in total. The van der Waals surface area contributed by atoms with Crippen LogP contribution in [0.4, 0.5) is 0 Å². The van der Waals surface area contributed by atoms with Gasteiger partial charge in [0.15, 0.2) is 0 Å². The molecule has 114 valence electrons. The summed E-state index contributed by atoms with van der Waals surface area (Å²) in [6.07, 6.45) is 6.06. The van der Waals surface area contributed by atoms with E-state index in [0.29, 0.717) is 0 Å². The molecule has 1 aliphatic carbocycles. The van der Waals surface area contributed by atoms with Crippen molar-refractivity contribution in [1.82, 2.24) is 10.2 Å². The molecule has 1 aliphatic heterocycles. The van der Waals surface area contributed by atoms with E-state index in [2.05, 4.69) is 26.1 Å². The highest BCUT2D eigenvalue weighted by molar-refractivity contribution is 9.10. The van der Waals surface area contributed by atoms with Crippen LogP contribution in [0.2, 0.25) is 0 Å². The molecule has 1 saturated carbocycles. The smallest absolute Gasteiger partial charge is 0.254 e. The third-order valence-electron chi connectivity index (χ3n) is 5.07. The second-order valence-electron chi connectivity index (χ2n) is 6.33. The molecule has 2 fully saturated rings. The van der Waals surface area contributed by atoms with Gasteiger partial charge < -0.3 is 10.2 Å². The minimum atomic E-state index is 0.0440. The maximum atomic E-state index is 13.1. The van der Waals surface area contributed by atoms with E-state index in [9.17, 15) is 4.79 Å². The van der Waals surface area contributed by atoms with Crippen molar-refractivity contribution in [1.29, 1.82) is 0 Å². The number of halogens is 1. The monoisotopic (exact) mass is 350 g/mol. The van der Waals surface area contributed by atoms with Crippen molar-refractivity contribution in [3.05, 3.63) is 33.8 Å². The van der Waals surface area contributed by atoms with Crippen molar-refractivity contribution >= 4 is 21.8 Å². The number of nitrogens with one attached hydrogen (secondary N) is 1. The molecule has 0 radical (unpaired) electrons. The molecule has 21 heavy (non-hydrogen) atoms. The Balaban J connectivity index is 1.92. The van der Waals surface area contributed by atoms with Gasteiger partial charge in [-0.05, 0) is 37.5 Å². The fourth-order valence-corrected chi connectivity index (χ4v) is 4.17. The van der Waals surface area contributed by atoms with Crippen LogP contribution in [0.15, 0.2) is 22.7 Å². The van der Waals surface area contributed by atoms with Gasteiger partial charge in [-0.3, -0.25) is 4.79 Å². The molecule has 1 amide bonds. The van der Waals surface area contributed by atoms with Gasteiger partial charge in [0.2, 0.25) is 0 Å². The molecule has 1 heterocycles. The van der Waals surface area contributed by atoms with Crippen LogP contribution >= 0.6 is 15.9 Å². The summed E-state index contributed by atoms with van der Waals surface area (Å²) in [4.78, 5) is 15.3. The Morgan fingerprint density at radius 2 is 2.05 bits per heavy atom. The molecule has 1 spiro atoms. The molecule has 1 aromatic carbocycles. The maximum Gasteiger partial charge on any atom is 0.254 e. The number of rotatable bonds is 1. The number of carbonyl (C=O) groups excluding carboxylic acids is 1. The first-order chi connectivity index (χ1) is 10.1. The zero-order valence-corrected chi connectivity index (χ0v) is 14.2. The number of piperazine rings is 1. The predicted octanol–water partition coefficient (Wildman–Crippen LogP) is 3.51. The average molecular weight is 351 g/mol. The normalized spacial score (nSPS) is 21.5. The van der Waals surface area contributed by atoms with Crippen molar-refractivity contribution in [3.63, 3.8) is 0 Å². The number of hydrogen-bond donors (Lipinski definition) is 1. The summed E-state index contributed by atoms with van der Waals surface area (Å²) in [6, 6.07) is 5.92. The van der Waals surface area contributed by atoms with Crippen LogP contribution in [0.5, 0.6) is 0 Å². The van der Waals surface area contributed by atoms with Gasteiger partial charge in [-0.1, -0.05) is 41.3 Å². The van der Waals surface area contributed by atoms with Gasteiger partial charge in [0.25, 0.3) is 5.91 Å². The lowest BCUT2D eigenvalue weighted by molar-refractivity contribution is 0.0222. The van der Waals surface area contributed by atoms with Crippen LogP contribution in [0.1, 0.15) is 48.0 Å². The predicted molar refractivity (Wildman–Crippen MR) is 88.6 cm³/mol. The molecule has 1 aromatic rings. The van der Waals surface area contributed by atoms with E-state index >= 15 is 0 Å².